The lowest BCUT2D eigenvalue weighted by molar-refractivity contribution is 0.582. The van der Waals surface area contributed by atoms with Crippen molar-refractivity contribution in [1.29, 1.82) is 0 Å². The second kappa shape index (κ2) is 5.52. The summed E-state index contributed by atoms with van der Waals surface area (Å²) in [4.78, 5) is -0.318. The molecule has 0 spiro atoms. The summed E-state index contributed by atoms with van der Waals surface area (Å²) in [5.41, 5.74) is 2.38. The SMILES string of the molecule is Cc1cccc(S(=O)(=O)S(=O)(=O)c2cccc(C)c2C)c1C. The van der Waals surface area contributed by atoms with Gasteiger partial charge in [0.05, 0.1) is 9.79 Å². The van der Waals surface area contributed by atoms with Gasteiger partial charge < -0.3 is 0 Å². The first kappa shape index (κ1) is 16.7. The molecule has 118 valence electrons. The number of hydrogen-bond donors (Lipinski definition) is 0. The number of aryl methyl sites for hydroxylation is 2. The van der Waals surface area contributed by atoms with Gasteiger partial charge in [-0.05, 0) is 62.1 Å². The fourth-order valence-corrected chi connectivity index (χ4v) is 6.76. The summed E-state index contributed by atoms with van der Waals surface area (Å²) >= 11 is 0. The predicted octanol–water partition coefficient (Wildman–Crippen LogP) is 3.08. The summed E-state index contributed by atoms with van der Waals surface area (Å²) in [6, 6.07) is 9.26. The van der Waals surface area contributed by atoms with E-state index in [9.17, 15) is 16.8 Å². The van der Waals surface area contributed by atoms with Crippen LogP contribution >= 0.6 is 0 Å². The minimum absolute atomic E-state index is 0.159. The number of hydrogen-bond acceptors (Lipinski definition) is 4. The molecule has 0 atom stereocenters. The second-order valence-electron chi connectivity index (χ2n) is 5.30. The number of rotatable bonds is 3. The van der Waals surface area contributed by atoms with Gasteiger partial charge in [0.15, 0.2) is 0 Å². The highest BCUT2D eigenvalue weighted by molar-refractivity contribution is 8.67. The molecule has 0 saturated heterocycles. The van der Waals surface area contributed by atoms with Gasteiger partial charge in [-0.15, -0.1) is 0 Å². The summed E-state index contributed by atoms with van der Waals surface area (Å²) in [5, 5.41) is 0. The van der Waals surface area contributed by atoms with Crippen LogP contribution in [0, 0.1) is 27.7 Å². The Bertz CT molecular complexity index is 861. The lowest BCUT2D eigenvalue weighted by Crippen LogP contribution is -2.18. The molecule has 0 amide bonds. The topological polar surface area (TPSA) is 68.3 Å². The van der Waals surface area contributed by atoms with Gasteiger partial charge >= 0.3 is 0 Å². The molecule has 2 aromatic carbocycles. The highest BCUT2D eigenvalue weighted by Gasteiger charge is 2.36. The van der Waals surface area contributed by atoms with Crippen LogP contribution in [0.3, 0.4) is 0 Å². The molecular weight excluding hydrogens is 320 g/mol. The molecule has 0 heterocycles. The molecule has 0 bridgehead atoms. The van der Waals surface area contributed by atoms with Crippen LogP contribution in [-0.2, 0) is 17.7 Å². The van der Waals surface area contributed by atoms with E-state index in [0.29, 0.717) is 11.1 Å². The lowest BCUT2D eigenvalue weighted by atomic mass is 10.1. The Morgan fingerprint density at radius 2 is 0.909 bits per heavy atom. The highest BCUT2D eigenvalue weighted by atomic mass is 33.2. The van der Waals surface area contributed by atoms with Crippen molar-refractivity contribution in [2.45, 2.75) is 37.5 Å². The summed E-state index contributed by atoms with van der Waals surface area (Å²) < 4.78 is 50.8. The van der Waals surface area contributed by atoms with E-state index in [0.717, 1.165) is 11.1 Å². The van der Waals surface area contributed by atoms with Crippen LogP contribution in [0.2, 0.25) is 0 Å². The van der Waals surface area contributed by atoms with Crippen LogP contribution in [0.4, 0.5) is 0 Å². The quantitative estimate of drug-likeness (QED) is 0.807. The van der Waals surface area contributed by atoms with Crippen LogP contribution < -0.4 is 0 Å². The van der Waals surface area contributed by atoms with Crippen molar-refractivity contribution in [2.75, 3.05) is 0 Å². The largest absolute Gasteiger partial charge is 0.286 e. The lowest BCUT2D eigenvalue weighted by Gasteiger charge is -2.13. The first-order valence-electron chi connectivity index (χ1n) is 6.73. The van der Waals surface area contributed by atoms with Gasteiger partial charge in [0.1, 0.15) is 0 Å². The minimum Gasteiger partial charge on any atom is -0.207 e. The molecule has 2 aromatic rings. The Labute approximate surface area is 131 Å². The zero-order valence-electron chi connectivity index (χ0n) is 12.9. The first-order valence-corrected chi connectivity index (χ1v) is 10.2. The van der Waals surface area contributed by atoms with Gasteiger partial charge in [-0.25, -0.2) is 16.8 Å². The van der Waals surface area contributed by atoms with Crippen LogP contribution in [0.5, 0.6) is 0 Å². The van der Waals surface area contributed by atoms with E-state index in [-0.39, 0.29) is 9.79 Å². The fourth-order valence-electron chi connectivity index (χ4n) is 2.23. The molecule has 0 aliphatic carbocycles. The minimum atomic E-state index is -4.51. The van der Waals surface area contributed by atoms with Gasteiger partial charge in [0.25, 0.3) is 17.7 Å². The van der Waals surface area contributed by atoms with Crippen LogP contribution in [0.15, 0.2) is 46.2 Å². The highest BCUT2D eigenvalue weighted by Crippen LogP contribution is 2.30. The van der Waals surface area contributed by atoms with Crippen molar-refractivity contribution >= 4 is 17.7 Å². The maximum Gasteiger partial charge on any atom is 0.286 e. The van der Waals surface area contributed by atoms with E-state index in [2.05, 4.69) is 0 Å². The molecule has 22 heavy (non-hydrogen) atoms. The summed E-state index contributed by atoms with van der Waals surface area (Å²) in [6.07, 6.45) is 0. The molecule has 0 fully saturated rings. The van der Waals surface area contributed by atoms with E-state index in [1.165, 1.54) is 12.1 Å². The maximum absolute atomic E-state index is 12.7. The Morgan fingerprint density at radius 1 is 0.591 bits per heavy atom. The third-order valence-electron chi connectivity index (χ3n) is 3.94. The molecule has 4 nitrogen and oxygen atoms in total. The molecule has 0 radical (unpaired) electrons. The Morgan fingerprint density at radius 3 is 1.23 bits per heavy atom. The smallest absolute Gasteiger partial charge is 0.207 e. The Balaban J connectivity index is 2.78. The third-order valence-corrected chi connectivity index (χ3v) is 9.29. The normalized spacial score (nSPS) is 12.4. The van der Waals surface area contributed by atoms with E-state index in [4.69, 9.17) is 0 Å². The molecule has 0 unspecified atom stereocenters. The van der Waals surface area contributed by atoms with Gasteiger partial charge in [0, 0.05) is 0 Å². The van der Waals surface area contributed by atoms with Gasteiger partial charge in [0.2, 0.25) is 0 Å². The summed E-state index contributed by atoms with van der Waals surface area (Å²) in [6.45, 7) is 6.72. The predicted molar refractivity (Wildman–Crippen MR) is 86.2 cm³/mol. The van der Waals surface area contributed by atoms with Gasteiger partial charge in [-0.3, -0.25) is 0 Å². The Kier molecular flexibility index (Phi) is 4.19. The van der Waals surface area contributed by atoms with Crippen LogP contribution in [0.1, 0.15) is 22.3 Å². The van der Waals surface area contributed by atoms with E-state index < -0.39 is 17.7 Å². The first-order chi connectivity index (χ1) is 10.1. The average molecular weight is 338 g/mol. The molecule has 0 aromatic heterocycles. The van der Waals surface area contributed by atoms with Crippen molar-refractivity contribution in [3.8, 4) is 0 Å². The molecule has 0 N–H and O–H groups in total. The third kappa shape index (κ3) is 2.46. The maximum atomic E-state index is 12.7. The molecule has 0 saturated carbocycles. The van der Waals surface area contributed by atoms with Crippen LogP contribution in [0.25, 0.3) is 0 Å². The zero-order valence-corrected chi connectivity index (χ0v) is 14.5. The van der Waals surface area contributed by atoms with E-state index in [1.54, 1.807) is 52.0 Å². The molecule has 0 aliphatic rings. The van der Waals surface area contributed by atoms with E-state index >= 15 is 0 Å². The standard InChI is InChI=1S/C16H18O4S2/c1-11-7-5-9-15(13(11)3)21(17,18)22(19,20)16-10-6-8-12(2)14(16)4/h5-10H,1-4H3. The van der Waals surface area contributed by atoms with Gasteiger partial charge in [-0.1, -0.05) is 24.3 Å². The van der Waals surface area contributed by atoms with Crippen molar-refractivity contribution in [3.63, 3.8) is 0 Å². The Hall–Kier alpha value is -1.66. The van der Waals surface area contributed by atoms with Crippen molar-refractivity contribution < 1.29 is 16.8 Å². The molecule has 0 aliphatic heterocycles. The van der Waals surface area contributed by atoms with E-state index in [1.807, 2.05) is 0 Å². The summed E-state index contributed by atoms with van der Waals surface area (Å²) in [7, 11) is -9.02. The molecular formula is C16H18O4S2. The zero-order chi connectivity index (χ0) is 16.7. The average Bonchev–Trinajstić information content (AvgIpc) is 2.44. The summed E-state index contributed by atoms with van der Waals surface area (Å²) in [5.74, 6) is 0. The fraction of sp³-hybridized carbons (Fsp3) is 0.250. The molecule has 2 rings (SSSR count). The van der Waals surface area contributed by atoms with Crippen molar-refractivity contribution in [3.05, 3.63) is 58.7 Å². The van der Waals surface area contributed by atoms with Gasteiger partial charge in [-0.2, -0.15) is 0 Å². The monoisotopic (exact) mass is 338 g/mol. The van der Waals surface area contributed by atoms with Crippen molar-refractivity contribution in [2.24, 2.45) is 0 Å². The second-order valence-corrected chi connectivity index (χ2v) is 10.6. The van der Waals surface area contributed by atoms with Crippen molar-refractivity contribution in [1.82, 2.24) is 0 Å². The number of benzene rings is 2. The molecule has 6 heteroatoms. The van der Waals surface area contributed by atoms with Crippen LogP contribution in [-0.4, -0.2) is 16.8 Å².